The van der Waals surface area contributed by atoms with Gasteiger partial charge in [0.1, 0.15) is 0 Å². The molecule has 0 unspecified atom stereocenters. The molecule has 2 aromatic carbocycles. The van der Waals surface area contributed by atoms with Crippen LogP contribution in [0.4, 0.5) is 32.3 Å². The zero-order valence-electron chi connectivity index (χ0n) is 15.5. The number of benzene rings is 2. The minimum atomic E-state index is -3.87. The molecule has 30 heavy (non-hydrogen) atoms. The fourth-order valence-electron chi connectivity index (χ4n) is 2.48. The van der Waals surface area contributed by atoms with Crippen LogP contribution in [0.3, 0.4) is 0 Å². The molecule has 3 aromatic rings. The molecule has 1 heterocycles. The first-order valence-corrected chi connectivity index (χ1v) is 10.1. The van der Waals surface area contributed by atoms with Crippen LogP contribution in [0.15, 0.2) is 59.6 Å². The summed E-state index contributed by atoms with van der Waals surface area (Å²) in [7, 11) is -3.87. The van der Waals surface area contributed by atoms with E-state index in [1.807, 2.05) is 0 Å². The number of anilines is 4. The number of primary amides is 1. The average molecular weight is 431 g/mol. The number of urea groups is 1. The van der Waals surface area contributed by atoms with Gasteiger partial charge in [-0.05, 0) is 35.9 Å². The van der Waals surface area contributed by atoms with Crippen molar-refractivity contribution in [1.29, 1.82) is 0 Å². The fraction of sp³-hybridized carbons (Fsp3) is 0.0556. The number of halogens is 1. The van der Waals surface area contributed by atoms with Crippen molar-refractivity contribution in [3.05, 3.63) is 66.1 Å². The predicted octanol–water partition coefficient (Wildman–Crippen LogP) is 1.92. The largest absolute Gasteiger partial charge is 0.352 e. The highest BCUT2D eigenvalue weighted by molar-refractivity contribution is 7.89. The number of nitrogens with one attached hydrogen (secondary N) is 3. The van der Waals surface area contributed by atoms with E-state index in [1.165, 1.54) is 18.2 Å². The highest BCUT2D eigenvalue weighted by Gasteiger charge is 2.11. The van der Waals surface area contributed by atoms with Gasteiger partial charge in [0.05, 0.1) is 11.1 Å². The van der Waals surface area contributed by atoms with Crippen molar-refractivity contribution >= 4 is 39.2 Å². The molecule has 156 valence electrons. The Morgan fingerprint density at radius 2 is 1.77 bits per heavy atom. The average Bonchev–Trinajstić information content (AvgIpc) is 2.69. The Hall–Kier alpha value is -3.77. The normalized spacial score (nSPS) is 11.0. The second-order valence-corrected chi connectivity index (χ2v) is 7.69. The molecule has 0 atom stereocenters. The maximum absolute atomic E-state index is 14.2. The van der Waals surface area contributed by atoms with Crippen molar-refractivity contribution in [3.8, 4) is 0 Å². The number of carbonyl (C=O) groups excluding carboxylic acids is 1. The minimum absolute atomic E-state index is 0.0389. The van der Waals surface area contributed by atoms with Crippen molar-refractivity contribution in [3.63, 3.8) is 0 Å². The molecule has 0 aliphatic rings. The van der Waals surface area contributed by atoms with E-state index in [0.29, 0.717) is 11.4 Å². The zero-order valence-corrected chi connectivity index (χ0v) is 16.3. The molecular formula is C18H18FN7O3S. The SMILES string of the molecule is NC(=O)NCc1cccc(Nc2nc(Nc3cccc(S(N)(=O)=O)c3)ncc2F)c1. The fourth-order valence-corrected chi connectivity index (χ4v) is 3.04. The number of nitrogens with zero attached hydrogens (tertiary/aromatic N) is 2. The standard InChI is InChI=1S/C18H18FN7O3S/c19-15-10-23-18(25-13-5-2-6-14(8-13)30(21,28)29)26-16(15)24-12-4-1-3-11(7-12)9-22-17(20)27/h1-8,10H,9H2,(H3,20,22,27)(H2,21,28,29)(H2,23,24,25,26). The summed E-state index contributed by atoms with van der Waals surface area (Å²) in [5.74, 6) is -0.758. The van der Waals surface area contributed by atoms with Gasteiger partial charge in [-0.15, -0.1) is 0 Å². The van der Waals surface area contributed by atoms with E-state index < -0.39 is 21.9 Å². The smallest absolute Gasteiger partial charge is 0.312 e. The highest BCUT2D eigenvalue weighted by atomic mass is 32.2. The summed E-state index contributed by atoms with van der Waals surface area (Å²) in [5, 5.41) is 13.2. The lowest BCUT2D eigenvalue weighted by molar-refractivity contribution is 0.248. The van der Waals surface area contributed by atoms with Gasteiger partial charge in [0.15, 0.2) is 11.6 Å². The number of primary sulfonamides is 1. The molecule has 0 aliphatic heterocycles. The lowest BCUT2D eigenvalue weighted by Gasteiger charge is -2.11. The Bertz CT molecular complexity index is 1190. The molecule has 0 saturated heterocycles. The van der Waals surface area contributed by atoms with E-state index in [2.05, 4.69) is 25.9 Å². The van der Waals surface area contributed by atoms with Crippen LogP contribution >= 0.6 is 0 Å². The lowest BCUT2D eigenvalue weighted by Crippen LogP contribution is -2.28. The van der Waals surface area contributed by atoms with Crippen molar-refractivity contribution in [1.82, 2.24) is 15.3 Å². The summed E-state index contributed by atoms with van der Waals surface area (Å²) in [4.78, 5) is 18.7. The monoisotopic (exact) mass is 431 g/mol. The number of nitrogens with two attached hydrogens (primary N) is 2. The Morgan fingerprint density at radius 3 is 2.47 bits per heavy atom. The van der Waals surface area contributed by atoms with Crippen molar-refractivity contribution in [2.24, 2.45) is 10.9 Å². The van der Waals surface area contributed by atoms with E-state index in [-0.39, 0.29) is 23.2 Å². The molecule has 0 saturated carbocycles. The van der Waals surface area contributed by atoms with E-state index in [9.17, 15) is 17.6 Å². The third kappa shape index (κ3) is 5.62. The van der Waals surface area contributed by atoms with Crippen molar-refractivity contribution in [2.75, 3.05) is 10.6 Å². The van der Waals surface area contributed by atoms with Crippen LogP contribution in [0.5, 0.6) is 0 Å². The molecule has 0 fully saturated rings. The maximum Gasteiger partial charge on any atom is 0.312 e. The number of sulfonamides is 1. The highest BCUT2D eigenvalue weighted by Crippen LogP contribution is 2.22. The Morgan fingerprint density at radius 1 is 1.07 bits per heavy atom. The van der Waals surface area contributed by atoms with E-state index >= 15 is 0 Å². The van der Waals surface area contributed by atoms with Crippen LogP contribution in [0.25, 0.3) is 0 Å². The first kappa shape index (κ1) is 21.0. The molecule has 2 amide bonds. The molecule has 10 nitrogen and oxygen atoms in total. The Labute approximate surface area is 171 Å². The van der Waals surface area contributed by atoms with Crippen LogP contribution in [0.1, 0.15) is 5.56 Å². The maximum atomic E-state index is 14.2. The quantitative estimate of drug-likeness (QED) is 0.381. The predicted molar refractivity (Wildman–Crippen MR) is 109 cm³/mol. The number of hydrogen-bond donors (Lipinski definition) is 5. The van der Waals surface area contributed by atoms with Gasteiger partial charge >= 0.3 is 6.03 Å². The molecular weight excluding hydrogens is 413 g/mol. The number of hydrogen-bond acceptors (Lipinski definition) is 7. The van der Waals surface area contributed by atoms with Crippen LogP contribution in [0.2, 0.25) is 0 Å². The van der Waals surface area contributed by atoms with Crippen LogP contribution < -0.4 is 26.8 Å². The number of amides is 2. The molecule has 0 spiro atoms. The molecule has 1 aromatic heterocycles. The number of aromatic nitrogens is 2. The first-order chi connectivity index (χ1) is 14.2. The van der Waals surface area contributed by atoms with Gasteiger partial charge in [-0.2, -0.15) is 4.98 Å². The van der Waals surface area contributed by atoms with Crippen LogP contribution in [-0.2, 0) is 16.6 Å². The molecule has 3 rings (SSSR count). The van der Waals surface area contributed by atoms with Gasteiger partial charge in [0, 0.05) is 17.9 Å². The topological polar surface area (TPSA) is 165 Å². The van der Waals surface area contributed by atoms with Crippen LogP contribution in [0, 0.1) is 5.82 Å². The van der Waals surface area contributed by atoms with Crippen molar-refractivity contribution in [2.45, 2.75) is 11.4 Å². The van der Waals surface area contributed by atoms with E-state index in [0.717, 1.165) is 11.8 Å². The molecule has 12 heteroatoms. The third-order valence-electron chi connectivity index (χ3n) is 3.82. The second kappa shape index (κ2) is 8.71. The molecule has 0 aliphatic carbocycles. The van der Waals surface area contributed by atoms with Gasteiger partial charge in [-0.25, -0.2) is 27.7 Å². The van der Waals surface area contributed by atoms with E-state index in [1.54, 1.807) is 30.3 Å². The summed E-state index contributed by atoms with van der Waals surface area (Å²) in [6.07, 6.45) is 0.972. The zero-order chi connectivity index (χ0) is 21.7. The molecule has 0 radical (unpaired) electrons. The van der Waals surface area contributed by atoms with Gasteiger partial charge in [-0.3, -0.25) is 0 Å². The minimum Gasteiger partial charge on any atom is -0.352 e. The Balaban J connectivity index is 1.79. The second-order valence-electron chi connectivity index (χ2n) is 6.13. The van der Waals surface area contributed by atoms with Crippen LogP contribution in [-0.4, -0.2) is 24.4 Å². The van der Waals surface area contributed by atoms with E-state index in [4.69, 9.17) is 10.9 Å². The van der Waals surface area contributed by atoms with Crippen molar-refractivity contribution < 1.29 is 17.6 Å². The lowest BCUT2D eigenvalue weighted by atomic mass is 10.2. The summed E-state index contributed by atoms with van der Waals surface area (Å²) in [6, 6.07) is 12.0. The summed E-state index contributed by atoms with van der Waals surface area (Å²) in [5.41, 5.74) is 6.68. The summed E-state index contributed by atoms with van der Waals surface area (Å²) >= 11 is 0. The summed E-state index contributed by atoms with van der Waals surface area (Å²) in [6.45, 7) is 0.213. The first-order valence-electron chi connectivity index (χ1n) is 8.52. The number of carbonyl (C=O) groups is 1. The van der Waals surface area contributed by atoms with Gasteiger partial charge in [0.25, 0.3) is 0 Å². The van der Waals surface area contributed by atoms with Gasteiger partial charge in [0.2, 0.25) is 16.0 Å². The molecule has 7 N–H and O–H groups in total. The third-order valence-corrected chi connectivity index (χ3v) is 4.73. The van der Waals surface area contributed by atoms with Gasteiger partial charge < -0.3 is 21.7 Å². The molecule has 0 bridgehead atoms. The number of rotatable bonds is 7. The Kier molecular flexibility index (Phi) is 6.09. The summed E-state index contributed by atoms with van der Waals surface area (Å²) < 4.78 is 37.1. The van der Waals surface area contributed by atoms with Gasteiger partial charge in [-0.1, -0.05) is 18.2 Å².